The summed E-state index contributed by atoms with van der Waals surface area (Å²) in [6.45, 7) is 3.83. The molecule has 5 heteroatoms. The number of benzene rings is 1. The van der Waals surface area contributed by atoms with Crippen LogP contribution in [0.3, 0.4) is 0 Å². The number of hydrogen-bond acceptors (Lipinski definition) is 3. The average molecular weight is 294 g/mol. The highest BCUT2D eigenvalue weighted by atomic mass is 19.1. The molecule has 2 rings (SSSR count). The standard InChI is InChI=1S/C16H23FN2O2/c1-12(13-5-7-14(17)8-6-13)18-16(20)11-19(2)10-15-4-3-9-21-15/h5-8,12,15H,3-4,9-11H2,1-2H3,(H,18,20). The van der Waals surface area contributed by atoms with Crippen LogP contribution in [0.1, 0.15) is 31.4 Å². The molecule has 1 aromatic carbocycles. The average Bonchev–Trinajstić information content (AvgIpc) is 2.91. The molecule has 2 unspecified atom stereocenters. The van der Waals surface area contributed by atoms with Gasteiger partial charge in [-0.15, -0.1) is 0 Å². The van der Waals surface area contributed by atoms with Gasteiger partial charge in [0.1, 0.15) is 5.82 Å². The molecule has 1 amide bonds. The number of nitrogens with zero attached hydrogens (tertiary/aromatic N) is 1. The van der Waals surface area contributed by atoms with Crippen LogP contribution >= 0.6 is 0 Å². The zero-order valence-corrected chi connectivity index (χ0v) is 12.6. The van der Waals surface area contributed by atoms with Crippen LogP contribution in [0.4, 0.5) is 4.39 Å². The fourth-order valence-corrected chi connectivity index (χ4v) is 2.57. The van der Waals surface area contributed by atoms with Crippen LogP contribution in [-0.4, -0.2) is 43.7 Å². The summed E-state index contributed by atoms with van der Waals surface area (Å²) >= 11 is 0. The molecular formula is C16H23FN2O2. The van der Waals surface area contributed by atoms with Gasteiger partial charge in [0.2, 0.25) is 5.91 Å². The van der Waals surface area contributed by atoms with Crippen molar-refractivity contribution in [3.8, 4) is 0 Å². The van der Waals surface area contributed by atoms with Crippen LogP contribution in [0.5, 0.6) is 0 Å². The monoisotopic (exact) mass is 294 g/mol. The second-order valence-electron chi connectivity index (χ2n) is 5.67. The largest absolute Gasteiger partial charge is 0.377 e. The molecule has 1 aliphatic rings. The zero-order chi connectivity index (χ0) is 15.2. The van der Waals surface area contributed by atoms with E-state index in [9.17, 15) is 9.18 Å². The predicted octanol–water partition coefficient (Wildman–Crippen LogP) is 2.11. The molecule has 0 saturated carbocycles. The van der Waals surface area contributed by atoms with Crippen molar-refractivity contribution in [1.29, 1.82) is 0 Å². The topological polar surface area (TPSA) is 41.6 Å². The number of carbonyl (C=O) groups is 1. The zero-order valence-electron chi connectivity index (χ0n) is 12.6. The summed E-state index contributed by atoms with van der Waals surface area (Å²) in [5.41, 5.74) is 0.895. The number of carbonyl (C=O) groups excluding carboxylic acids is 1. The Morgan fingerprint density at radius 3 is 2.81 bits per heavy atom. The number of rotatable bonds is 6. The Morgan fingerprint density at radius 2 is 2.19 bits per heavy atom. The molecule has 1 saturated heterocycles. The molecule has 0 radical (unpaired) electrons. The first-order valence-corrected chi connectivity index (χ1v) is 7.39. The molecule has 116 valence electrons. The molecule has 2 atom stereocenters. The summed E-state index contributed by atoms with van der Waals surface area (Å²) in [5.74, 6) is -0.305. The molecule has 4 nitrogen and oxygen atoms in total. The predicted molar refractivity (Wildman–Crippen MR) is 79.4 cm³/mol. The number of hydrogen-bond donors (Lipinski definition) is 1. The third-order valence-electron chi connectivity index (χ3n) is 3.70. The molecule has 21 heavy (non-hydrogen) atoms. The summed E-state index contributed by atoms with van der Waals surface area (Å²) in [6.07, 6.45) is 2.42. The van der Waals surface area contributed by atoms with Gasteiger partial charge in [0, 0.05) is 13.2 Å². The summed E-state index contributed by atoms with van der Waals surface area (Å²) in [7, 11) is 1.92. The van der Waals surface area contributed by atoms with Gasteiger partial charge in [-0.05, 0) is 44.5 Å². The second kappa shape index (κ2) is 7.52. The Kier molecular flexibility index (Phi) is 5.70. The van der Waals surface area contributed by atoms with E-state index in [4.69, 9.17) is 4.74 Å². The van der Waals surface area contributed by atoms with E-state index in [1.165, 1.54) is 12.1 Å². The lowest BCUT2D eigenvalue weighted by Crippen LogP contribution is -2.39. The molecule has 1 N–H and O–H groups in total. The van der Waals surface area contributed by atoms with E-state index in [2.05, 4.69) is 5.32 Å². The molecule has 0 spiro atoms. The van der Waals surface area contributed by atoms with E-state index in [1.807, 2.05) is 18.9 Å². The first-order chi connectivity index (χ1) is 10.0. The molecule has 1 heterocycles. The van der Waals surface area contributed by atoms with Crippen molar-refractivity contribution in [3.63, 3.8) is 0 Å². The number of nitrogens with one attached hydrogen (secondary N) is 1. The number of amides is 1. The highest BCUT2D eigenvalue weighted by Gasteiger charge is 2.19. The van der Waals surface area contributed by atoms with E-state index in [0.717, 1.165) is 31.6 Å². The summed E-state index contributed by atoms with van der Waals surface area (Å²) < 4.78 is 18.4. The van der Waals surface area contributed by atoms with Crippen molar-refractivity contribution >= 4 is 5.91 Å². The van der Waals surface area contributed by atoms with E-state index in [1.54, 1.807) is 12.1 Å². The molecule has 0 bridgehead atoms. The smallest absolute Gasteiger partial charge is 0.234 e. The Balaban J connectivity index is 1.76. The first-order valence-electron chi connectivity index (χ1n) is 7.39. The van der Waals surface area contributed by atoms with E-state index < -0.39 is 0 Å². The van der Waals surface area contributed by atoms with E-state index >= 15 is 0 Å². The fourth-order valence-electron chi connectivity index (χ4n) is 2.57. The summed E-state index contributed by atoms with van der Waals surface area (Å²) in [4.78, 5) is 14.0. The minimum absolute atomic E-state index is 0.0349. The molecule has 0 aliphatic carbocycles. The third kappa shape index (κ3) is 5.10. The number of ether oxygens (including phenoxy) is 1. The van der Waals surface area contributed by atoms with Crippen LogP contribution in [0.25, 0.3) is 0 Å². The van der Waals surface area contributed by atoms with Gasteiger partial charge in [0.25, 0.3) is 0 Å². The van der Waals surface area contributed by atoms with Gasteiger partial charge in [-0.2, -0.15) is 0 Å². The lowest BCUT2D eigenvalue weighted by Gasteiger charge is -2.21. The van der Waals surface area contributed by atoms with Gasteiger partial charge >= 0.3 is 0 Å². The maximum atomic E-state index is 12.9. The van der Waals surface area contributed by atoms with Crippen LogP contribution in [0.15, 0.2) is 24.3 Å². The molecular weight excluding hydrogens is 271 g/mol. The van der Waals surface area contributed by atoms with Crippen molar-refractivity contribution in [2.45, 2.75) is 31.9 Å². The van der Waals surface area contributed by atoms with Gasteiger partial charge in [-0.1, -0.05) is 12.1 Å². The van der Waals surface area contributed by atoms with Crippen molar-refractivity contribution in [1.82, 2.24) is 10.2 Å². The minimum Gasteiger partial charge on any atom is -0.377 e. The summed E-state index contributed by atoms with van der Waals surface area (Å²) in [6, 6.07) is 6.06. The summed E-state index contributed by atoms with van der Waals surface area (Å²) in [5, 5.41) is 2.93. The quantitative estimate of drug-likeness (QED) is 0.874. The van der Waals surface area contributed by atoms with Crippen molar-refractivity contribution in [2.75, 3.05) is 26.7 Å². The van der Waals surface area contributed by atoms with Gasteiger partial charge in [0.15, 0.2) is 0 Å². The van der Waals surface area contributed by atoms with Crippen molar-refractivity contribution in [3.05, 3.63) is 35.6 Å². The molecule has 1 aromatic rings. The first kappa shape index (κ1) is 15.9. The molecule has 1 fully saturated rings. The van der Waals surface area contributed by atoms with Crippen LogP contribution in [0.2, 0.25) is 0 Å². The fraction of sp³-hybridized carbons (Fsp3) is 0.562. The lowest BCUT2D eigenvalue weighted by atomic mass is 10.1. The minimum atomic E-state index is -0.270. The van der Waals surface area contributed by atoms with Gasteiger partial charge in [-0.3, -0.25) is 9.69 Å². The highest BCUT2D eigenvalue weighted by Crippen LogP contribution is 2.14. The Bertz CT molecular complexity index is 458. The number of likely N-dealkylation sites (N-methyl/N-ethyl adjacent to an activating group) is 1. The Morgan fingerprint density at radius 1 is 1.48 bits per heavy atom. The van der Waals surface area contributed by atoms with Crippen LogP contribution in [0, 0.1) is 5.82 Å². The van der Waals surface area contributed by atoms with Crippen molar-refractivity contribution in [2.24, 2.45) is 0 Å². The van der Waals surface area contributed by atoms with E-state index in [-0.39, 0.29) is 23.9 Å². The maximum absolute atomic E-state index is 12.9. The van der Waals surface area contributed by atoms with E-state index in [0.29, 0.717) is 6.54 Å². The van der Waals surface area contributed by atoms with Gasteiger partial charge in [-0.25, -0.2) is 4.39 Å². The number of halogens is 1. The third-order valence-corrected chi connectivity index (χ3v) is 3.70. The Hall–Kier alpha value is -1.46. The second-order valence-corrected chi connectivity index (χ2v) is 5.67. The van der Waals surface area contributed by atoms with Gasteiger partial charge < -0.3 is 10.1 Å². The SMILES string of the molecule is CC(NC(=O)CN(C)CC1CCCO1)c1ccc(F)cc1. The van der Waals surface area contributed by atoms with Crippen LogP contribution in [-0.2, 0) is 9.53 Å². The normalized spacial score (nSPS) is 19.7. The van der Waals surface area contributed by atoms with Crippen LogP contribution < -0.4 is 5.32 Å². The molecule has 0 aromatic heterocycles. The lowest BCUT2D eigenvalue weighted by molar-refractivity contribution is -0.122. The Labute approximate surface area is 125 Å². The maximum Gasteiger partial charge on any atom is 0.234 e. The van der Waals surface area contributed by atoms with Crippen molar-refractivity contribution < 1.29 is 13.9 Å². The molecule has 1 aliphatic heterocycles. The van der Waals surface area contributed by atoms with Gasteiger partial charge in [0.05, 0.1) is 18.7 Å². The highest BCUT2D eigenvalue weighted by molar-refractivity contribution is 5.78.